The molecule has 7 heteroatoms. The van der Waals surface area contributed by atoms with Crippen LogP contribution in [0.25, 0.3) is 0 Å². The highest BCUT2D eigenvalue weighted by molar-refractivity contribution is 14.0. The van der Waals surface area contributed by atoms with Gasteiger partial charge in [-0.1, -0.05) is 24.3 Å². The fourth-order valence-electron chi connectivity index (χ4n) is 2.31. The van der Waals surface area contributed by atoms with Crippen molar-refractivity contribution in [2.45, 2.75) is 6.54 Å². The van der Waals surface area contributed by atoms with Crippen LogP contribution in [0.2, 0.25) is 0 Å². The molecule has 0 bridgehead atoms. The van der Waals surface area contributed by atoms with Gasteiger partial charge in [0.2, 0.25) is 0 Å². The maximum absolute atomic E-state index is 13.7. The maximum Gasteiger partial charge on any atom is 0.193 e. The number of nitrogens with one attached hydrogen (secondary N) is 1. The van der Waals surface area contributed by atoms with Crippen LogP contribution in [-0.2, 0) is 6.54 Å². The van der Waals surface area contributed by atoms with Gasteiger partial charge in [-0.15, -0.1) is 24.0 Å². The van der Waals surface area contributed by atoms with E-state index in [-0.39, 0.29) is 35.5 Å². The van der Waals surface area contributed by atoms with E-state index in [1.54, 1.807) is 13.1 Å². The first kappa shape index (κ1) is 22.0. The summed E-state index contributed by atoms with van der Waals surface area (Å²) in [5.74, 6) is 1.42. The summed E-state index contributed by atoms with van der Waals surface area (Å²) in [6, 6.07) is 14.6. The van der Waals surface area contributed by atoms with Crippen molar-refractivity contribution in [2.75, 3.05) is 34.4 Å². The van der Waals surface area contributed by atoms with Crippen LogP contribution in [0, 0.1) is 5.82 Å². The Bertz CT molecular complexity index is 698. The van der Waals surface area contributed by atoms with Crippen LogP contribution < -0.4 is 14.8 Å². The largest absolute Gasteiger partial charge is 0.494 e. The van der Waals surface area contributed by atoms with Gasteiger partial charge >= 0.3 is 0 Å². The molecule has 0 spiro atoms. The molecule has 0 fully saturated rings. The molecule has 0 saturated carbocycles. The molecule has 0 heterocycles. The zero-order valence-electron chi connectivity index (χ0n) is 15.2. The number of nitrogens with zero attached hydrogens (tertiary/aromatic N) is 2. The number of benzene rings is 2. The Morgan fingerprint density at radius 3 is 2.54 bits per heavy atom. The van der Waals surface area contributed by atoms with Crippen LogP contribution in [0.15, 0.2) is 53.5 Å². The van der Waals surface area contributed by atoms with E-state index in [0.717, 1.165) is 11.3 Å². The zero-order chi connectivity index (χ0) is 18.1. The van der Waals surface area contributed by atoms with E-state index >= 15 is 0 Å². The van der Waals surface area contributed by atoms with E-state index in [1.165, 1.54) is 13.2 Å². The van der Waals surface area contributed by atoms with Gasteiger partial charge in [0.15, 0.2) is 17.5 Å². The van der Waals surface area contributed by atoms with E-state index in [2.05, 4.69) is 10.3 Å². The minimum atomic E-state index is -0.374. The Kier molecular flexibility index (Phi) is 9.79. The Morgan fingerprint density at radius 1 is 1.19 bits per heavy atom. The van der Waals surface area contributed by atoms with Crippen molar-refractivity contribution < 1.29 is 13.9 Å². The summed E-state index contributed by atoms with van der Waals surface area (Å²) in [7, 11) is 5.09. The third-order valence-electron chi connectivity index (χ3n) is 3.68. The monoisotopic (exact) mass is 473 g/mol. The van der Waals surface area contributed by atoms with Crippen LogP contribution in [0.3, 0.4) is 0 Å². The lowest BCUT2D eigenvalue weighted by Gasteiger charge is -2.22. The second kappa shape index (κ2) is 11.6. The van der Waals surface area contributed by atoms with Gasteiger partial charge in [-0.25, -0.2) is 4.39 Å². The first-order valence-electron chi connectivity index (χ1n) is 8.06. The Morgan fingerprint density at radius 2 is 1.92 bits per heavy atom. The van der Waals surface area contributed by atoms with Crippen molar-refractivity contribution in [2.24, 2.45) is 4.99 Å². The fourth-order valence-corrected chi connectivity index (χ4v) is 2.31. The first-order chi connectivity index (χ1) is 12.1. The summed E-state index contributed by atoms with van der Waals surface area (Å²) < 4.78 is 24.3. The summed E-state index contributed by atoms with van der Waals surface area (Å²) in [6.45, 7) is 1.68. The normalized spacial score (nSPS) is 10.7. The number of hydrogen-bond acceptors (Lipinski definition) is 3. The number of halogens is 2. The van der Waals surface area contributed by atoms with Crippen molar-refractivity contribution in [1.82, 2.24) is 10.2 Å². The first-order valence-corrected chi connectivity index (χ1v) is 8.06. The highest BCUT2D eigenvalue weighted by Crippen LogP contribution is 2.17. The second-order valence-corrected chi connectivity index (χ2v) is 5.45. The van der Waals surface area contributed by atoms with E-state index in [4.69, 9.17) is 9.47 Å². The van der Waals surface area contributed by atoms with Crippen molar-refractivity contribution in [1.29, 1.82) is 0 Å². The van der Waals surface area contributed by atoms with Crippen LogP contribution in [0.4, 0.5) is 4.39 Å². The summed E-state index contributed by atoms with van der Waals surface area (Å²) in [5.41, 5.74) is 0.813. The lowest BCUT2D eigenvalue weighted by molar-refractivity contribution is 0.281. The van der Waals surface area contributed by atoms with Gasteiger partial charge in [-0.2, -0.15) is 0 Å². The molecule has 0 aromatic heterocycles. The lowest BCUT2D eigenvalue weighted by atomic mass is 10.2. The van der Waals surface area contributed by atoms with Gasteiger partial charge in [0.25, 0.3) is 0 Å². The average molecular weight is 473 g/mol. The maximum atomic E-state index is 13.7. The molecule has 0 saturated heterocycles. The quantitative estimate of drug-likeness (QED) is 0.380. The van der Waals surface area contributed by atoms with Crippen molar-refractivity contribution >= 4 is 29.9 Å². The number of para-hydroxylation sites is 1. The van der Waals surface area contributed by atoms with Gasteiger partial charge < -0.3 is 19.7 Å². The van der Waals surface area contributed by atoms with Crippen molar-refractivity contribution in [3.8, 4) is 11.5 Å². The number of guanidine groups is 1. The van der Waals surface area contributed by atoms with E-state index < -0.39 is 0 Å². The molecule has 2 aromatic rings. The Balaban J connectivity index is 0.00000338. The summed E-state index contributed by atoms with van der Waals surface area (Å²) in [6.07, 6.45) is 0. The van der Waals surface area contributed by atoms with Crippen molar-refractivity contribution in [3.63, 3.8) is 0 Å². The molecule has 2 rings (SSSR count). The van der Waals surface area contributed by atoms with Crippen molar-refractivity contribution in [3.05, 3.63) is 59.9 Å². The highest BCUT2D eigenvalue weighted by Gasteiger charge is 2.08. The SMILES string of the molecule is CN=C(NCc1ccc(OC)c(F)c1)N(C)CCOc1ccccc1.I. The average Bonchev–Trinajstić information content (AvgIpc) is 2.63. The molecule has 26 heavy (non-hydrogen) atoms. The second-order valence-electron chi connectivity index (χ2n) is 5.45. The van der Waals surface area contributed by atoms with Gasteiger partial charge in [-0.05, 0) is 29.8 Å². The highest BCUT2D eigenvalue weighted by atomic mass is 127. The summed E-state index contributed by atoms with van der Waals surface area (Å²) >= 11 is 0. The van der Waals surface area contributed by atoms with Gasteiger partial charge in [0.1, 0.15) is 12.4 Å². The molecule has 1 N–H and O–H groups in total. The molecule has 0 radical (unpaired) electrons. The molecule has 0 aliphatic heterocycles. The molecule has 0 unspecified atom stereocenters. The van der Waals surface area contributed by atoms with Gasteiger partial charge in [0.05, 0.1) is 13.7 Å². The molecule has 0 atom stereocenters. The molecule has 5 nitrogen and oxygen atoms in total. The molecule has 2 aromatic carbocycles. The minimum absolute atomic E-state index is 0. The standard InChI is InChI=1S/C19H24FN3O2.HI/c1-21-19(22-14-15-9-10-18(24-3)17(20)13-15)23(2)11-12-25-16-7-5-4-6-8-16;/h4-10,13H,11-12,14H2,1-3H3,(H,21,22);1H. The fraction of sp³-hybridized carbons (Fsp3) is 0.316. The van der Waals surface area contributed by atoms with Crippen LogP contribution >= 0.6 is 24.0 Å². The molecular weight excluding hydrogens is 448 g/mol. The van der Waals surface area contributed by atoms with Gasteiger partial charge in [-0.3, -0.25) is 4.99 Å². The third kappa shape index (κ3) is 6.70. The van der Waals surface area contributed by atoms with Crippen LogP contribution in [0.1, 0.15) is 5.56 Å². The van der Waals surface area contributed by atoms with Gasteiger partial charge in [0, 0.05) is 20.6 Å². The zero-order valence-corrected chi connectivity index (χ0v) is 17.6. The number of hydrogen-bond donors (Lipinski definition) is 1. The molecule has 0 aliphatic carbocycles. The third-order valence-corrected chi connectivity index (χ3v) is 3.68. The Labute approximate surface area is 171 Å². The topological polar surface area (TPSA) is 46.1 Å². The minimum Gasteiger partial charge on any atom is -0.494 e. The smallest absolute Gasteiger partial charge is 0.193 e. The number of methoxy groups -OCH3 is 1. The Hall–Kier alpha value is -2.03. The van der Waals surface area contributed by atoms with E-state index in [0.29, 0.717) is 25.7 Å². The predicted octanol–water partition coefficient (Wildman–Crippen LogP) is 3.54. The number of aliphatic imine (C=N–C) groups is 1. The van der Waals surface area contributed by atoms with Crippen LogP contribution in [-0.4, -0.2) is 45.2 Å². The molecule has 0 aliphatic rings. The summed E-state index contributed by atoms with van der Waals surface area (Å²) in [5, 5.41) is 3.21. The number of ether oxygens (including phenoxy) is 2. The predicted molar refractivity (Wildman–Crippen MR) is 113 cm³/mol. The summed E-state index contributed by atoms with van der Waals surface area (Å²) in [4.78, 5) is 6.20. The van der Waals surface area contributed by atoms with E-state index in [1.807, 2.05) is 48.3 Å². The van der Waals surface area contributed by atoms with E-state index in [9.17, 15) is 4.39 Å². The lowest BCUT2D eigenvalue weighted by Crippen LogP contribution is -2.40. The molecule has 142 valence electrons. The molecule has 0 amide bonds. The molecular formula is C19H25FIN3O2. The number of rotatable bonds is 7. The number of likely N-dealkylation sites (N-methyl/N-ethyl adjacent to an activating group) is 1. The van der Waals surface area contributed by atoms with Crippen LogP contribution in [0.5, 0.6) is 11.5 Å².